The topological polar surface area (TPSA) is 25.2 Å². The van der Waals surface area contributed by atoms with Crippen molar-refractivity contribution < 1.29 is 4.42 Å². The largest absolute Gasteiger partial charge is 0.464 e. The van der Waals surface area contributed by atoms with E-state index in [1.54, 1.807) is 0 Å². The van der Waals surface area contributed by atoms with Gasteiger partial charge in [0.1, 0.15) is 11.5 Å². The lowest BCUT2D eigenvalue weighted by Crippen LogP contribution is -2.12. The predicted molar refractivity (Wildman–Crippen MR) is 86.2 cm³/mol. The minimum Gasteiger partial charge on any atom is -0.464 e. The van der Waals surface area contributed by atoms with E-state index >= 15 is 0 Å². The van der Waals surface area contributed by atoms with E-state index in [0.29, 0.717) is 0 Å². The Balaban J connectivity index is 1.85. The normalized spacial score (nSPS) is 10.9. The number of aryl methyl sites for hydroxylation is 2. The lowest BCUT2D eigenvalue weighted by molar-refractivity contribution is 0.459. The standard InChI is InChI=1S/C17H23NOS/c1-4-9-18-11-15-6-7-16(19-15)12-20-17-8-5-13(2)14(3)10-17/h5-8,10,18H,4,9,11-12H2,1-3H3. The van der Waals surface area contributed by atoms with Crippen LogP contribution in [-0.2, 0) is 12.3 Å². The van der Waals surface area contributed by atoms with Gasteiger partial charge in [-0.3, -0.25) is 0 Å². The summed E-state index contributed by atoms with van der Waals surface area (Å²) in [6.45, 7) is 8.33. The zero-order chi connectivity index (χ0) is 14.4. The van der Waals surface area contributed by atoms with Crippen molar-refractivity contribution in [3.05, 3.63) is 53.0 Å². The molecule has 0 saturated heterocycles. The second-order valence-electron chi connectivity index (χ2n) is 5.08. The second kappa shape index (κ2) is 7.55. The average molecular weight is 289 g/mol. The molecule has 2 rings (SSSR count). The van der Waals surface area contributed by atoms with Crippen LogP contribution < -0.4 is 5.32 Å². The molecule has 0 saturated carbocycles. The van der Waals surface area contributed by atoms with Gasteiger partial charge in [0, 0.05) is 4.90 Å². The van der Waals surface area contributed by atoms with Crippen LogP contribution >= 0.6 is 11.8 Å². The van der Waals surface area contributed by atoms with Crippen molar-refractivity contribution >= 4 is 11.8 Å². The molecule has 20 heavy (non-hydrogen) atoms. The molecule has 0 unspecified atom stereocenters. The summed E-state index contributed by atoms with van der Waals surface area (Å²) >= 11 is 1.82. The van der Waals surface area contributed by atoms with Crippen molar-refractivity contribution in [3.63, 3.8) is 0 Å². The van der Waals surface area contributed by atoms with Gasteiger partial charge in [-0.15, -0.1) is 11.8 Å². The highest BCUT2D eigenvalue weighted by Crippen LogP contribution is 2.25. The van der Waals surface area contributed by atoms with E-state index in [1.807, 2.05) is 11.8 Å². The Morgan fingerprint density at radius 1 is 1.05 bits per heavy atom. The van der Waals surface area contributed by atoms with Gasteiger partial charge in [0.15, 0.2) is 0 Å². The summed E-state index contributed by atoms with van der Waals surface area (Å²) in [5, 5.41) is 3.35. The van der Waals surface area contributed by atoms with Gasteiger partial charge >= 0.3 is 0 Å². The molecule has 0 fully saturated rings. The van der Waals surface area contributed by atoms with E-state index in [1.165, 1.54) is 16.0 Å². The van der Waals surface area contributed by atoms with E-state index in [4.69, 9.17) is 4.42 Å². The number of rotatable bonds is 7. The number of hydrogen-bond donors (Lipinski definition) is 1. The SMILES string of the molecule is CCCNCc1ccc(CSc2ccc(C)c(C)c2)o1. The zero-order valence-electron chi connectivity index (χ0n) is 12.5. The molecule has 0 bridgehead atoms. The maximum absolute atomic E-state index is 5.82. The minimum atomic E-state index is 0.822. The number of nitrogens with one attached hydrogen (secondary N) is 1. The Morgan fingerprint density at radius 3 is 2.60 bits per heavy atom. The average Bonchev–Trinajstić information content (AvgIpc) is 2.88. The third-order valence-electron chi connectivity index (χ3n) is 3.30. The lowest BCUT2D eigenvalue weighted by atomic mass is 10.1. The molecule has 2 nitrogen and oxygen atoms in total. The minimum absolute atomic E-state index is 0.822. The highest BCUT2D eigenvalue weighted by Gasteiger charge is 2.03. The van der Waals surface area contributed by atoms with Crippen LogP contribution in [0.5, 0.6) is 0 Å². The smallest absolute Gasteiger partial charge is 0.118 e. The van der Waals surface area contributed by atoms with Crippen LogP contribution in [0.1, 0.15) is 36.0 Å². The maximum Gasteiger partial charge on any atom is 0.118 e. The van der Waals surface area contributed by atoms with Gasteiger partial charge in [0.05, 0.1) is 12.3 Å². The van der Waals surface area contributed by atoms with E-state index in [2.05, 4.69) is 56.4 Å². The number of hydrogen-bond acceptors (Lipinski definition) is 3. The molecule has 1 heterocycles. The molecular weight excluding hydrogens is 266 g/mol. The van der Waals surface area contributed by atoms with E-state index in [-0.39, 0.29) is 0 Å². The van der Waals surface area contributed by atoms with Gasteiger partial charge in [-0.25, -0.2) is 0 Å². The number of thioether (sulfide) groups is 1. The fraction of sp³-hybridized carbons (Fsp3) is 0.412. The Kier molecular flexibility index (Phi) is 5.74. The van der Waals surface area contributed by atoms with Gasteiger partial charge in [0.2, 0.25) is 0 Å². The first kappa shape index (κ1) is 15.2. The lowest BCUT2D eigenvalue weighted by Gasteiger charge is -2.04. The third-order valence-corrected chi connectivity index (χ3v) is 4.32. The Bertz CT molecular complexity index is 548. The van der Waals surface area contributed by atoms with Gasteiger partial charge in [-0.05, 0) is 62.2 Å². The van der Waals surface area contributed by atoms with E-state index < -0.39 is 0 Å². The Hall–Kier alpha value is -1.19. The fourth-order valence-corrected chi connectivity index (χ4v) is 2.83. The van der Waals surface area contributed by atoms with Crippen molar-refractivity contribution in [1.82, 2.24) is 5.32 Å². The highest BCUT2D eigenvalue weighted by molar-refractivity contribution is 7.98. The monoisotopic (exact) mass is 289 g/mol. The maximum atomic E-state index is 5.82. The molecule has 0 amide bonds. The molecule has 0 spiro atoms. The van der Waals surface area contributed by atoms with Crippen molar-refractivity contribution in [1.29, 1.82) is 0 Å². The molecular formula is C17H23NOS. The summed E-state index contributed by atoms with van der Waals surface area (Å²) in [5.74, 6) is 2.95. The van der Waals surface area contributed by atoms with Gasteiger partial charge in [-0.1, -0.05) is 13.0 Å². The third kappa shape index (κ3) is 4.43. The van der Waals surface area contributed by atoms with E-state index in [0.717, 1.165) is 36.8 Å². The van der Waals surface area contributed by atoms with Crippen molar-refractivity contribution in [2.45, 2.75) is 44.4 Å². The van der Waals surface area contributed by atoms with Crippen molar-refractivity contribution in [2.24, 2.45) is 0 Å². The first-order chi connectivity index (χ1) is 9.69. The molecule has 0 aliphatic heterocycles. The second-order valence-corrected chi connectivity index (χ2v) is 6.13. The number of benzene rings is 1. The molecule has 2 aromatic rings. The molecule has 0 radical (unpaired) electrons. The summed E-state index contributed by atoms with van der Waals surface area (Å²) in [6.07, 6.45) is 1.15. The quantitative estimate of drug-likeness (QED) is 0.591. The summed E-state index contributed by atoms with van der Waals surface area (Å²) < 4.78 is 5.82. The van der Waals surface area contributed by atoms with Crippen LogP contribution in [0.2, 0.25) is 0 Å². The first-order valence-corrected chi connectivity index (χ1v) is 8.16. The summed E-state index contributed by atoms with van der Waals surface area (Å²) in [7, 11) is 0. The Morgan fingerprint density at radius 2 is 1.85 bits per heavy atom. The van der Waals surface area contributed by atoms with Gasteiger partial charge < -0.3 is 9.73 Å². The predicted octanol–water partition coefficient (Wildman–Crippen LogP) is 4.69. The van der Waals surface area contributed by atoms with Crippen molar-refractivity contribution in [3.8, 4) is 0 Å². The zero-order valence-corrected chi connectivity index (χ0v) is 13.3. The van der Waals surface area contributed by atoms with Crippen LogP contribution in [0.15, 0.2) is 39.6 Å². The molecule has 1 aromatic heterocycles. The van der Waals surface area contributed by atoms with Crippen LogP contribution in [-0.4, -0.2) is 6.54 Å². The van der Waals surface area contributed by atoms with Gasteiger partial charge in [-0.2, -0.15) is 0 Å². The van der Waals surface area contributed by atoms with Crippen LogP contribution in [0.25, 0.3) is 0 Å². The van der Waals surface area contributed by atoms with E-state index in [9.17, 15) is 0 Å². The van der Waals surface area contributed by atoms with Crippen LogP contribution in [0, 0.1) is 13.8 Å². The molecule has 0 aliphatic carbocycles. The molecule has 108 valence electrons. The number of furan rings is 1. The molecule has 0 aliphatic rings. The van der Waals surface area contributed by atoms with Crippen molar-refractivity contribution in [2.75, 3.05) is 6.54 Å². The van der Waals surface area contributed by atoms with Crippen LogP contribution in [0.3, 0.4) is 0 Å². The molecule has 1 aromatic carbocycles. The fourth-order valence-electron chi connectivity index (χ4n) is 1.94. The molecule has 0 atom stereocenters. The summed E-state index contributed by atoms with van der Waals surface area (Å²) in [5.41, 5.74) is 2.69. The highest BCUT2D eigenvalue weighted by atomic mass is 32.2. The van der Waals surface area contributed by atoms with Crippen LogP contribution in [0.4, 0.5) is 0 Å². The summed E-state index contributed by atoms with van der Waals surface area (Å²) in [4.78, 5) is 1.30. The summed E-state index contributed by atoms with van der Waals surface area (Å²) in [6, 6.07) is 10.8. The molecule has 1 N–H and O–H groups in total. The van der Waals surface area contributed by atoms with Gasteiger partial charge in [0.25, 0.3) is 0 Å². The molecule has 3 heteroatoms. The first-order valence-electron chi connectivity index (χ1n) is 7.17. The Labute approximate surface area is 126 Å².